The van der Waals surface area contributed by atoms with Crippen LogP contribution in [0.15, 0.2) is 4.52 Å². The summed E-state index contributed by atoms with van der Waals surface area (Å²) in [5.41, 5.74) is 0. The summed E-state index contributed by atoms with van der Waals surface area (Å²) in [7, 11) is -3.20. The molecule has 0 amide bonds. The molecular weight excluding hydrogens is 266 g/mol. The molecule has 0 saturated heterocycles. The second kappa shape index (κ2) is 6.47. The van der Waals surface area contributed by atoms with Crippen molar-refractivity contribution in [3.05, 3.63) is 11.7 Å². The lowest BCUT2D eigenvalue weighted by Gasteiger charge is -2.19. The minimum Gasteiger partial charge on any atom is -0.339 e. The van der Waals surface area contributed by atoms with Gasteiger partial charge in [-0.1, -0.05) is 25.9 Å². The van der Waals surface area contributed by atoms with Crippen LogP contribution in [0, 0.1) is 5.92 Å². The molecule has 0 fully saturated rings. The van der Waals surface area contributed by atoms with Crippen molar-refractivity contribution in [1.29, 1.82) is 0 Å². The average molecular weight is 289 g/mol. The number of nitrogens with zero attached hydrogens (tertiary/aromatic N) is 2. The maximum atomic E-state index is 11.4. The highest BCUT2D eigenvalue weighted by Crippen LogP contribution is 2.18. The largest absolute Gasteiger partial charge is 0.339 e. The van der Waals surface area contributed by atoms with Crippen molar-refractivity contribution in [2.75, 3.05) is 12.8 Å². The first-order valence-corrected chi connectivity index (χ1v) is 8.45. The molecule has 1 heterocycles. The van der Waals surface area contributed by atoms with E-state index in [4.69, 9.17) is 4.52 Å². The molecule has 6 nitrogen and oxygen atoms in total. The van der Waals surface area contributed by atoms with E-state index in [0.29, 0.717) is 18.2 Å². The van der Waals surface area contributed by atoms with Gasteiger partial charge < -0.3 is 9.84 Å². The topological polar surface area (TPSA) is 85.1 Å². The normalized spacial score (nSPS) is 15.7. The number of hydrogen-bond acceptors (Lipinski definition) is 6. The van der Waals surface area contributed by atoms with Crippen LogP contribution in [-0.4, -0.2) is 37.4 Å². The van der Waals surface area contributed by atoms with Crippen LogP contribution in [-0.2, 0) is 16.3 Å². The van der Waals surface area contributed by atoms with Crippen molar-refractivity contribution < 1.29 is 12.9 Å². The Kier molecular flexibility index (Phi) is 5.49. The highest BCUT2D eigenvalue weighted by atomic mass is 32.2. The smallest absolute Gasteiger partial charge is 0.228 e. The Hall–Kier alpha value is -0.950. The molecule has 0 aliphatic rings. The molecule has 7 heteroatoms. The first-order valence-electron chi connectivity index (χ1n) is 6.50. The molecule has 0 bridgehead atoms. The number of sulfone groups is 1. The van der Waals surface area contributed by atoms with Gasteiger partial charge in [-0.3, -0.25) is 0 Å². The summed E-state index contributed by atoms with van der Waals surface area (Å²) >= 11 is 0. The van der Waals surface area contributed by atoms with Gasteiger partial charge in [-0.2, -0.15) is 4.98 Å². The molecule has 2 unspecified atom stereocenters. The van der Waals surface area contributed by atoms with Gasteiger partial charge in [0.25, 0.3) is 0 Å². The fourth-order valence-electron chi connectivity index (χ4n) is 1.70. The van der Waals surface area contributed by atoms with Crippen LogP contribution in [0.5, 0.6) is 0 Å². The molecule has 0 aromatic carbocycles. The second-order valence-electron chi connectivity index (χ2n) is 5.13. The van der Waals surface area contributed by atoms with Crippen molar-refractivity contribution >= 4 is 9.84 Å². The number of rotatable bonds is 7. The molecule has 2 atom stereocenters. The molecule has 0 spiro atoms. The average Bonchev–Trinajstić information content (AvgIpc) is 2.74. The van der Waals surface area contributed by atoms with Gasteiger partial charge in [-0.05, 0) is 19.4 Å². The standard InChI is InChI=1S/C12H23N3O3S/c1-6-13-10(8(2)3)7-11-14-12(15-18-11)9(4)19(5,16)17/h8-10,13H,6-7H2,1-5H3. The zero-order valence-corrected chi connectivity index (χ0v) is 13.0. The summed E-state index contributed by atoms with van der Waals surface area (Å²) in [5.74, 6) is 1.14. The van der Waals surface area contributed by atoms with E-state index in [9.17, 15) is 8.42 Å². The molecule has 0 radical (unpaired) electrons. The van der Waals surface area contributed by atoms with Gasteiger partial charge in [0, 0.05) is 18.7 Å². The van der Waals surface area contributed by atoms with Gasteiger partial charge in [-0.15, -0.1) is 0 Å². The van der Waals surface area contributed by atoms with Crippen molar-refractivity contribution in [3.8, 4) is 0 Å². The lowest BCUT2D eigenvalue weighted by Crippen LogP contribution is -2.35. The van der Waals surface area contributed by atoms with Crippen LogP contribution in [0.2, 0.25) is 0 Å². The summed E-state index contributed by atoms with van der Waals surface area (Å²) < 4.78 is 28.0. The third kappa shape index (κ3) is 4.58. The van der Waals surface area contributed by atoms with E-state index in [1.807, 2.05) is 6.92 Å². The second-order valence-corrected chi connectivity index (χ2v) is 7.50. The predicted octanol–water partition coefficient (Wildman–Crippen LogP) is 1.35. The minimum atomic E-state index is -3.20. The first-order chi connectivity index (χ1) is 8.75. The predicted molar refractivity (Wildman–Crippen MR) is 73.6 cm³/mol. The molecule has 0 aliphatic carbocycles. The Morgan fingerprint density at radius 3 is 2.42 bits per heavy atom. The zero-order valence-electron chi connectivity index (χ0n) is 12.2. The SMILES string of the molecule is CCNC(Cc1nc(C(C)S(C)(=O)=O)no1)C(C)C. The van der Waals surface area contributed by atoms with Crippen LogP contribution in [0.3, 0.4) is 0 Å². The first kappa shape index (κ1) is 16.1. The third-order valence-electron chi connectivity index (χ3n) is 3.16. The molecule has 19 heavy (non-hydrogen) atoms. The third-order valence-corrected chi connectivity index (χ3v) is 4.65. The summed E-state index contributed by atoms with van der Waals surface area (Å²) in [4.78, 5) is 4.18. The van der Waals surface area contributed by atoms with E-state index in [1.165, 1.54) is 6.26 Å². The molecule has 1 aromatic heterocycles. The maximum Gasteiger partial charge on any atom is 0.228 e. The maximum absolute atomic E-state index is 11.4. The van der Waals surface area contributed by atoms with Crippen LogP contribution in [0.1, 0.15) is 44.7 Å². The summed E-state index contributed by atoms with van der Waals surface area (Å²) in [6, 6.07) is 0.242. The zero-order chi connectivity index (χ0) is 14.6. The fraction of sp³-hybridized carbons (Fsp3) is 0.833. The van der Waals surface area contributed by atoms with Crippen molar-refractivity contribution in [1.82, 2.24) is 15.5 Å². The highest BCUT2D eigenvalue weighted by molar-refractivity contribution is 7.90. The molecule has 0 saturated carbocycles. The number of nitrogens with one attached hydrogen (secondary N) is 1. The van der Waals surface area contributed by atoms with Gasteiger partial charge in [0.2, 0.25) is 5.89 Å². The highest BCUT2D eigenvalue weighted by Gasteiger charge is 2.24. The lowest BCUT2D eigenvalue weighted by atomic mass is 10.0. The Bertz CT molecular complexity index is 496. The van der Waals surface area contributed by atoms with Crippen LogP contribution in [0.25, 0.3) is 0 Å². The van der Waals surface area contributed by atoms with Gasteiger partial charge in [0.15, 0.2) is 15.7 Å². The Morgan fingerprint density at radius 2 is 1.95 bits per heavy atom. The number of likely N-dealkylation sites (N-methyl/N-ethyl adjacent to an activating group) is 1. The summed E-state index contributed by atoms with van der Waals surface area (Å²) in [6.45, 7) is 8.70. The van der Waals surface area contributed by atoms with Crippen molar-refractivity contribution in [2.24, 2.45) is 5.92 Å². The van der Waals surface area contributed by atoms with Crippen LogP contribution in [0.4, 0.5) is 0 Å². The van der Waals surface area contributed by atoms with Gasteiger partial charge in [0.05, 0.1) is 0 Å². The lowest BCUT2D eigenvalue weighted by molar-refractivity contribution is 0.327. The van der Waals surface area contributed by atoms with E-state index in [0.717, 1.165) is 6.54 Å². The molecule has 1 N–H and O–H groups in total. The Balaban J connectivity index is 2.79. The summed E-state index contributed by atoms with van der Waals surface area (Å²) in [6.07, 6.45) is 1.78. The number of hydrogen-bond donors (Lipinski definition) is 1. The monoisotopic (exact) mass is 289 g/mol. The van der Waals surface area contributed by atoms with Gasteiger partial charge >= 0.3 is 0 Å². The van der Waals surface area contributed by atoms with Gasteiger partial charge in [-0.25, -0.2) is 8.42 Å². The van der Waals surface area contributed by atoms with Crippen molar-refractivity contribution in [2.45, 2.75) is 45.4 Å². The van der Waals surface area contributed by atoms with Crippen molar-refractivity contribution in [3.63, 3.8) is 0 Å². The molecule has 1 rings (SSSR count). The Labute approximate surface area is 114 Å². The quantitative estimate of drug-likeness (QED) is 0.815. The number of aromatic nitrogens is 2. The molecular formula is C12H23N3O3S. The van der Waals surface area contributed by atoms with E-state index in [1.54, 1.807) is 6.92 Å². The van der Waals surface area contributed by atoms with Crippen LogP contribution < -0.4 is 5.32 Å². The molecule has 110 valence electrons. The Morgan fingerprint density at radius 1 is 1.32 bits per heavy atom. The molecule has 0 aliphatic heterocycles. The fourth-order valence-corrected chi connectivity index (χ4v) is 2.18. The van der Waals surface area contributed by atoms with E-state index < -0.39 is 15.1 Å². The van der Waals surface area contributed by atoms with E-state index in [2.05, 4.69) is 29.3 Å². The molecule has 1 aromatic rings. The van der Waals surface area contributed by atoms with E-state index >= 15 is 0 Å². The minimum absolute atomic E-state index is 0.233. The van der Waals surface area contributed by atoms with Gasteiger partial charge in [0.1, 0.15) is 5.25 Å². The van der Waals surface area contributed by atoms with E-state index in [-0.39, 0.29) is 11.9 Å². The van der Waals surface area contributed by atoms with Crippen LogP contribution >= 0.6 is 0 Å². The summed E-state index contributed by atoms with van der Waals surface area (Å²) in [5, 5.41) is 6.38.